The Kier molecular flexibility index (Phi) is 6.55. The molecule has 6 nitrogen and oxygen atoms in total. The minimum absolute atomic E-state index is 0.0454. The molecule has 0 unspecified atom stereocenters. The summed E-state index contributed by atoms with van der Waals surface area (Å²) in [4.78, 5) is 24.8. The largest absolute Gasteiger partial charge is 0.490 e. The van der Waals surface area contributed by atoms with Crippen molar-refractivity contribution in [2.75, 3.05) is 13.2 Å². The number of rotatable bonds is 5. The van der Waals surface area contributed by atoms with Gasteiger partial charge in [0.2, 0.25) is 0 Å². The summed E-state index contributed by atoms with van der Waals surface area (Å²) in [7, 11) is 0. The van der Waals surface area contributed by atoms with E-state index in [9.17, 15) is 9.59 Å². The summed E-state index contributed by atoms with van der Waals surface area (Å²) >= 11 is 0. The molecule has 1 amide bonds. The molecule has 31 heavy (non-hydrogen) atoms. The molecule has 0 aromatic heterocycles. The lowest BCUT2D eigenvalue weighted by molar-refractivity contribution is -0.150. The normalized spacial score (nSPS) is 18.5. The van der Waals surface area contributed by atoms with Crippen LogP contribution in [0.5, 0.6) is 11.5 Å². The molecule has 2 atom stereocenters. The predicted molar refractivity (Wildman–Crippen MR) is 117 cm³/mol. The molecule has 0 fully saturated rings. The van der Waals surface area contributed by atoms with Crippen molar-refractivity contribution in [3.63, 3.8) is 0 Å². The van der Waals surface area contributed by atoms with Crippen LogP contribution >= 0.6 is 0 Å². The van der Waals surface area contributed by atoms with Crippen molar-refractivity contribution in [1.29, 1.82) is 0 Å². The number of carbonyl (C=O) groups is 2. The van der Waals surface area contributed by atoms with Crippen molar-refractivity contribution in [3.8, 4) is 11.5 Å². The van der Waals surface area contributed by atoms with E-state index in [1.54, 1.807) is 13.0 Å². The van der Waals surface area contributed by atoms with Crippen LogP contribution in [-0.2, 0) is 20.7 Å². The molecule has 2 aliphatic rings. The summed E-state index contributed by atoms with van der Waals surface area (Å²) in [6, 6.07) is 13.6. The molecule has 1 N–H and O–H groups in total. The van der Waals surface area contributed by atoms with Crippen LogP contribution in [0.1, 0.15) is 48.9 Å². The summed E-state index contributed by atoms with van der Waals surface area (Å²) < 4.78 is 16.6. The van der Waals surface area contributed by atoms with Crippen LogP contribution in [0.2, 0.25) is 0 Å². The highest BCUT2D eigenvalue weighted by atomic mass is 16.5. The third-order valence-corrected chi connectivity index (χ3v) is 5.53. The molecular formula is C25H27NO5. The van der Waals surface area contributed by atoms with E-state index in [2.05, 4.69) is 11.4 Å². The zero-order valence-corrected chi connectivity index (χ0v) is 17.6. The van der Waals surface area contributed by atoms with Crippen molar-refractivity contribution >= 4 is 18.0 Å². The van der Waals surface area contributed by atoms with Crippen molar-refractivity contribution in [1.82, 2.24) is 5.32 Å². The minimum Gasteiger partial charge on any atom is -0.490 e. The quantitative estimate of drug-likeness (QED) is 0.584. The maximum absolute atomic E-state index is 12.6. The molecule has 0 radical (unpaired) electrons. The van der Waals surface area contributed by atoms with Crippen LogP contribution in [0.3, 0.4) is 0 Å². The van der Waals surface area contributed by atoms with Crippen LogP contribution in [-0.4, -0.2) is 31.2 Å². The van der Waals surface area contributed by atoms with Gasteiger partial charge in [-0.3, -0.25) is 4.79 Å². The number of amides is 1. The molecule has 1 aliphatic carbocycles. The van der Waals surface area contributed by atoms with Gasteiger partial charge in [-0.15, -0.1) is 0 Å². The molecule has 0 spiro atoms. The second-order valence-electron chi connectivity index (χ2n) is 7.82. The number of esters is 1. The van der Waals surface area contributed by atoms with Crippen LogP contribution in [0, 0.1) is 0 Å². The van der Waals surface area contributed by atoms with Gasteiger partial charge in [0.25, 0.3) is 5.91 Å². The van der Waals surface area contributed by atoms with Gasteiger partial charge in [-0.2, -0.15) is 0 Å². The lowest BCUT2D eigenvalue weighted by atomic mass is 9.87. The highest BCUT2D eigenvalue weighted by molar-refractivity contribution is 5.90. The van der Waals surface area contributed by atoms with Gasteiger partial charge < -0.3 is 19.5 Å². The Hall–Kier alpha value is -3.28. The first-order chi connectivity index (χ1) is 15.1. The van der Waals surface area contributed by atoms with Crippen LogP contribution in [0.25, 0.3) is 6.08 Å². The van der Waals surface area contributed by atoms with E-state index in [-0.39, 0.29) is 11.9 Å². The Morgan fingerprint density at radius 3 is 2.77 bits per heavy atom. The third kappa shape index (κ3) is 5.26. The Morgan fingerprint density at radius 2 is 1.90 bits per heavy atom. The maximum atomic E-state index is 12.6. The first kappa shape index (κ1) is 21.0. The Balaban J connectivity index is 1.32. The topological polar surface area (TPSA) is 73.9 Å². The molecule has 6 heteroatoms. The maximum Gasteiger partial charge on any atom is 0.331 e. The van der Waals surface area contributed by atoms with Gasteiger partial charge in [-0.05, 0) is 61.1 Å². The lowest BCUT2D eigenvalue weighted by Gasteiger charge is -2.27. The van der Waals surface area contributed by atoms with Gasteiger partial charge in [0.1, 0.15) is 0 Å². The zero-order valence-electron chi connectivity index (χ0n) is 17.6. The summed E-state index contributed by atoms with van der Waals surface area (Å²) in [5, 5.41) is 3.02. The molecule has 2 aromatic rings. The minimum atomic E-state index is -0.880. The highest BCUT2D eigenvalue weighted by Crippen LogP contribution is 2.31. The average molecular weight is 421 g/mol. The Morgan fingerprint density at radius 1 is 1.10 bits per heavy atom. The van der Waals surface area contributed by atoms with Gasteiger partial charge in [0.05, 0.1) is 19.3 Å². The molecule has 1 aliphatic heterocycles. The average Bonchev–Trinajstić information content (AvgIpc) is 3.03. The van der Waals surface area contributed by atoms with Gasteiger partial charge in [-0.1, -0.05) is 30.3 Å². The summed E-state index contributed by atoms with van der Waals surface area (Å²) in [6.45, 7) is 2.81. The molecule has 2 aromatic carbocycles. The number of hydrogen-bond donors (Lipinski definition) is 1. The number of carbonyl (C=O) groups excluding carboxylic acids is 2. The van der Waals surface area contributed by atoms with E-state index in [4.69, 9.17) is 14.2 Å². The van der Waals surface area contributed by atoms with Crippen molar-refractivity contribution in [2.24, 2.45) is 0 Å². The van der Waals surface area contributed by atoms with Gasteiger partial charge in [-0.25, -0.2) is 4.79 Å². The van der Waals surface area contributed by atoms with Gasteiger partial charge >= 0.3 is 5.97 Å². The number of ether oxygens (including phenoxy) is 3. The summed E-state index contributed by atoms with van der Waals surface area (Å²) in [5.41, 5.74) is 3.20. The summed E-state index contributed by atoms with van der Waals surface area (Å²) in [6.07, 6.45) is 5.84. The van der Waals surface area contributed by atoms with Crippen molar-refractivity contribution in [3.05, 3.63) is 65.2 Å². The molecule has 0 saturated carbocycles. The smallest absolute Gasteiger partial charge is 0.331 e. The van der Waals surface area contributed by atoms with E-state index in [1.165, 1.54) is 11.6 Å². The van der Waals surface area contributed by atoms with Crippen LogP contribution in [0.4, 0.5) is 0 Å². The number of benzene rings is 2. The Bertz CT molecular complexity index is 984. The number of aryl methyl sites for hydroxylation is 1. The fourth-order valence-corrected chi connectivity index (χ4v) is 3.91. The van der Waals surface area contributed by atoms with E-state index < -0.39 is 12.1 Å². The molecule has 0 saturated heterocycles. The van der Waals surface area contributed by atoms with Crippen LogP contribution in [0.15, 0.2) is 48.5 Å². The first-order valence-corrected chi connectivity index (χ1v) is 10.8. The SMILES string of the molecule is C[C@H](OC(=O)/C=C/c1ccc2c(c1)OCCCO2)C(=O)N[C@@H]1CCCc2ccccc21. The standard InChI is InChI=1S/C25H27NO5/c1-17(25(28)26-21-9-4-7-19-6-2-3-8-20(19)21)31-24(27)13-11-18-10-12-22-23(16-18)30-15-5-14-29-22/h2-3,6,8,10-13,16-17,21H,4-5,7,9,14-15H2,1H3,(H,26,28)/b13-11+/t17-,21+/m0/s1. The second-order valence-corrected chi connectivity index (χ2v) is 7.82. The second kappa shape index (κ2) is 9.69. The van der Waals surface area contributed by atoms with Crippen molar-refractivity contribution in [2.45, 2.75) is 44.8 Å². The van der Waals surface area contributed by atoms with E-state index in [1.807, 2.05) is 36.4 Å². The fourth-order valence-electron chi connectivity index (χ4n) is 3.91. The molecule has 4 rings (SSSR count). The van der Waals surface area contributed by atoms with E-state index in [0.29, 0.717) is 24.7 Å². The predicted octanol–water partition coefficient (Wildman–Crippen LogP) is 3.99. The number of nitrogens with one attached hydrogen (secondary N) is 1. The fraction of sp³-hybridized carbons (Fsp3) is 0.360. The summed E-state index contributed by atoms with van der Waals surface area (Å²) in [5.74, 6) is 0.498. The van der Waals surface area contributed by atoms with Gasteiger partial charge in [0, 0.05) is 12.5 Å². The van der Waals surface area contributed by atoms with Crippen molar-refractivity contribution < 1.29 is 23.8 Å². The van der Waals surface area contributed by atoms with Gasteiger partial charge in [0.15, 0.2) is 17.6 Å². The van der Waals surface area contributed by atoms with E-state index in [0.717, 1.165) is 36.8 Å². The van der Waals surface area contributed by atoms with E-state index >= 15 is 0 Å². The van der Waals surface area contributed by atoms with Crippen LogP contribution < -0.4 is 14.8 Å². The molecule has 1 heterocycles. The molecule has 162 valence electrons. The number of fused-ring (bicyclic) bond motifs is 2. The first-order valence-electron chi connectivity index (χ1n) is 10.8. The monoisotopic (exact) mass is 421 g/mol. The highest BCUT2D eigenvalue weighted by Gasteiger charge is 2.25. The third-order valence-electron chi connectivity index (χ3n) is 5.53. The Labute approximate surface area is 182 Å². The molecule has 0 bridgehead atoms. The zero-order chi connectivity index (χ0) is 21.6. The lowest BCUT2D eigenvalue weighted by Crippen LogP contribution is -2.39. The number of hydrogen-bond acceptors (Lipinski definition) is 5. The molecular weight excluding hydrogens is 394 g/mol.